The van der Waals surface area contributed by atoms with Crippen LogP contribution < -0.4 is 9.47 Å². The number of ether oxygens (including phenoxy) is 3. The van der Waals surface area contributed by atoms with Crippen LogP contribution in [0.15, 0.2) is 12.1 Å². The summed E-state index contributed by atoms with van der Waals surface area (Å²) in [7, 11) is 0. The normalized spacial score (nSPS) is 14.0. The molecule has 5 nitrogen and oxygen atoms in total. The van der Waals surface area contributed by atoms with Crippen molar-refractivity contribution < 1.29 is 24.1 Å². The molecular weight excluding hydrogens is 296 g/mol. The Morgan fingerprint density at radius 1 is 1.48 bits per heavy atom. The second-order valence-electron chi connectivity index (χ2n) is 4.87. The van der Waals surface area contributed by atoms with E-state index in [0.717, 1.165) is 12.8 Å². The molecule has 1 N–H and O–H groups in total. The van der Waals surface area contributed by atoms with Crippen LogP contribution in [0.2, 0.25) is 5.02 Å². The number of esters is 1. The van der Waals surface area contributed by atoms with Gasteiger partial charge >= 0.3 is 5.97 Å². The zero-order chi connectivity index (χ0) is 15.2. The molecule has 1 aromatic carbocycles. The highest BCUT2D eigenvalue weighted by atomic mass is 35.5. The third-order valence-electron chi connectivity index (χ3n) is 3.22. The first-order valence-electron chi connectivity index (χ1n) is 7.04. The highest BCUT2D eigenvalue weighted by Crippen LogP contribution is 2.41. The fourth-order valence-corrected chi connectivity index (χ4v) is 2.28. The van der Waals surface area contributed by atoms with Crippen molar-refractivity contribution in [3.05, 3.63) is 22.7 Å². The van der Waals surface area contributed by atoms with Gasteiger partial charge in [0.15, 0.2) is 11.5 Å². The number of carbonyl (C=O) groups is 1. The maximum atomic E-state index is 11.5. The molecule has 1 unspecified atom stereocenters. The summed E-state index contributed by atoms with van der Waals surface area (Å²) in [6.07, 6.45) is 1.48. The van der Waals surface area contributed by atoms with Gasteiger partial charge < -0.3 is 19.3 Å². The summed E-state index contributed by atoms with van der Waals surface area (Å²) in [4.78, 5) is 11.5. The molecule has 0 radical (unpaired) electrons. The maximum Gasteiger partial charge on any atom is 0.305 e. The quantitative estimate of drug-likeness (QED) is 0.618. The maximum absolute atomic E-state index is 11.5. The van der Waals surface area contributed by atoms with Crippen LogP contribution in [0.25, 0.3) is 0 Å². The number of hydrogen-bond acceptors (Lipinski definition) is 5. The van der Waals surface area contributed by atoms with Crippen LogP contribution in [0.4, 0.5) is 0 Å². The molecule has 0 bridgehead atoms. The first-order valence-corrected chi connectivity index (χ1v) is 7.42. The Hall–Kier alpha value is -1.46. The topological polar surface area (TPSA) is 65.0 Å². The first-order chi connectivity index (χ1) is 10.1. The zero-order valence-corrected chi connectivity index (χ0v) is 12.7. The van der Waals surface area contributed by atoms with Crippen molar-refractivity contribution in [1.82, 2.24) is 0 Å². The third-order valence-corrected chi connectivity index (χ3v) is 3.50. The van der Waals surface area contributed by atoms with Crippen LogP contribution in [0.5, 0.6) is 11.5 Å². The molecule has 116 valence electrons. The molecule has 1 aliphatic heterocycles. The molecule has 0 amide bonds. The van der Waals surface area contributed by atoms with Gasteiger partial charge in [0.2, 0.25) is 6.79 Å². The average Bonchev–Trinajstić information content (AvgIpc) is 2.94. The number of unbranched alkanes of at least 4 members (excludes halogenated alkanes) is 1. The monoisotopic (exact) mass is 314 g/mol. The Balaban J connectivity index is 1.87. The summed E-state index contributed by atoms with van der Waals surface area (Å²) >= 11 is 6.06. The first kappa shape index (κ1) is 15.9. The SMILES string of the molecule is CCCCOC(=O)CCC(O)c1cc(Cl)c2c(c1)OCO2. The van der Waals surface area contributed by atoms with E-state index in [-0.39, 0.29) is 25.6 Å². The van der Waals surface area contributed by atoms with Crippen molar-refractivity contribution in [3.8, 4) is 11.5 Å². The fraction of sp³-hybridized carbons (Fsp3) is 0.533. The molecule has 1 atom stereocenters. The summed E-state index contributed by atoms with van der Waals surface area (Å²) in [6, 6.07) is 3.31. The van der Waals surface area contributed by atoms with Gasteiger partial charge in [-0.05, 0) is 30.5 Å². The van der Waals surface area contributed by atoms with E-state index in [2.05, 4.69) is 0 Å². The molecule has 0 fully saturated rings. The molecule has 0 spiro atoms. The Morgan fingerprint density at radius 2 is 2.29 bits per heavy atom. The minimum absolute atomic E-state index is 0.123. The Labute approximate surface area is 128 Å². The number of rotatable bonds is 7. The summed E-state index contributed by atoms with van der Waals surface area (Å²) in [5, 5.41) is 10.5. The van der Waals surface area contributed by atoms with Gasteiger partial charge in [-0.1, -0.05) is 24.9 Å². The second-order valence-corrected chi connectivity index (χ2v) is 5.27. The molecule has 0 aliphatic carbocycles. The molecule has 6 heteroatoms. The number of halogens is 1. The number of fused-ring (bicyclic) bond motifs is 1. The number of benzene rings is 1. The van der Waals surface area contributed by atoms with E-state index in [1.807, 2.05) is 6.92 Å². The molecule has 0 saturated carbocycles. The van der Waals surface area contributed by atoms with Crippen LogP contribution in [0, 0.1) is 0 Å². The van der Waals surface area contributed by atoms with Crippen LogP contribution in [0.1, 0.15) is 44.3 Å². The van der Waals surface area contributed by atoms with E-state index in [4.69, 9.17) is 25.8 Å². The summed E-state index contributed by atoms with van der Waals surface area (Å²) in [6.45, 7) is 2.58. The Kier molecular flexibility index (Phi) is 5.70. The molecule has 1 aliphatic rings. The van der Waals surface area contributed by atoms with Gasteiger partial charge in [0.25, 0.3) is 0 Å². The van der Waals surface area contributed by atoms with Crippen molar-refractivity contribution >= 4 is 17.6 Å². The predicted molar refractivity (Wildman–Crippen MR) is 77.6 cm³/mol. The number of hydrogen-bond donors (Lipinski definition) is 1. The number of aliphatic hydroxyl groups excluding tert-OH is 1. The second kappa shape index (κ2) is 7.52. The number of aliphatic hydroxyl groups is 1. The molecule has 2 rings (SSSR count). The summed E-state index contributed by atoms with van der Waals surface area (Å²) in [5.74, 6) is 0.711. The van der Waals surface area contributed by atoms with Gasteiger partial charge in [-0.3, -0.25) is 4.79 Å². The van der Waals surface area contributed by atoms with Crippen molar-refractivity contribution in [3.63, 3.8) is 0 Å². The lowest BCUT2D eigenvalue weighted by Gasteiger charge is -2.12. The number of carbonyl (C=O) groups excluding carboxylic acids is 1. The van der Waals surface area contributed by atoms with Crippen molar-refractivity contribution in [2.75, 3.05) is 13.4 Å². The van der Waals surface area contributed by atoms with Crippen LogP contribution in [-0.2, 0) is 9.53 Å². The van der Waals surface area contributed by atoms with Crippen LogP contribution in [-0.4, -0.2) is 24.5 Å². The van der Waals surface area contributed by atoms with Gasteiger partial charge in [-0.2, -0.15) is 0 Å². The van der Waals surface area contributed by atoms with E-state index < -0.39 is 6.10 Å². The zero-order valence-electron chi connectivity index (χ0n) is 11.9. The highest BCUT2D eigenvalue weighted by molar-refractivity contribution is 6.32. The van der Waals surface area contributed by atoms with Crippen LogP contribution >= 0.6 is 11.6 Å². The highest BCUT2D eigenvalue weighted by Gasteiger charge is 2.21. The minimum atomic E-state index is -0.796. The van der Waals surface area contributed by atoms with Crippen molar-refractivity contribution in [2.45, 2.75) is 38.7 Å². The largest absolute Gasteiger partial charge is 0.466 e. The molecule has 0 aromatic heterocycles. The standard InChI is InChI=1S/C15H19ClO5/c1-2-3-6-19-14(18)5-4-12(17)10-7-11(16)15-13(8-10)20-9-21-15/h7-8,12,17H,2-6,9H2,1H3. The van der Waals surface area contributed by atoms with Gasteiger partial charge in [0.1, 0.15) is 0 Å². The third kappa shape index (κ3) is 4.25. The van der Waals surface area contributed by atoms with Crippen molar-refractivity contribution in [2.24, 2.45) is 0 Å². The molecule has 1 heterocycles. The lowest BCUT2D eigenvalue weighted by atomic mass is 10.0. The molecular formula is C15H19ClO5. The van der Waals surface area contributed by atoms with Gasteiger partial charge in [-0.25, -0.2) is 0 Å². The van der Waals surface area contributed by atoms with E-state index in [0.29, 0.717) is 28.7 Å². The van der Waals surface area contributed by atoms with E-state index in [9.17, 15) is 9.90 Å². The van der Waals surface area contributed by atoms with Gasteiger partial charge in [0, 0.05) is 6.42 Å². The summed E-state index contributed by atoms with van der Waals surface area (Å²) in [5.41, 5.74) is 0.602. The minimum Gasteiger partial charge on any atom is -0.466 e. The molecule has 0 saturated heterocycles. The smallest absolute Gasteiger partial charge is 0.305 e. The lowest BCUT2D eigenvalue weighted by molar-refractivity contribution is -0.144. The Morgan fingerprint density at radius 3 is 3.05 bits per heavy atom. The van der Waals surface area contributed by atoms with Crippen LogP contribution in [0.3, 0.4) is 0 Å². The molecule has 1 aromatic rings. The van der Waals surface area contributed by atoms with E-state index in [1.54, 1.807) is 12.1 Å². The van der Waals surface area contributed by atoms with Crippen molar-refractivity contribution in [1.29, 1.82) is 0 Å². The van der Waals surface area contributed by atoms with E-state index >= 15 is 0 Å². The predicted octanol–water partition coefficient (Wildman–Crippen LogP) is 3.23. The molecule has 21 heavy (non-hydrogen) atoms. The average molecular weight is 315 g/mol. The Bertz CT molecular complexity index is 503. The lowest BCUT2D eigenvalue weighted by Crippen LogP contribution is -2.08. The van der Waals surface area contributed by atoms with E-state index in [1.165, 1.54) is 0 Å². The van der Waals surface area contributed by atoms with Gasteiger partial charge in [-0.15, -0.1) is 0 Å². The summed E-state index contributed by atoms with van der Waals surface area (Å²) < 4.78 is 15.5. The fourth-order valence-electron chi connectivity index (χ4n) is 2.00. The van der Waals surface area contributed by atoms with Gasteiger partial charge in [0.05, 0.1) is 17.7 Å².